The normalized spacial score (nSPS) is 18.0. The number of carbonyl (C=O) groups excluding carboxylic acids is 1. The molecule has 0 N–H and O–H groups in total. The first-order valence-corrected chi connectivity index (χ1v) is 11.5. The number of imidazole rings is 1. The third kappa shape index (κ3) is 3.96. The average molecular weight is 439 g/mol. The monoisotopic (exact) mass is 438 g/mol. The Labute approximate surface area is 186 Å². The fourth-order valence-corrected chi connectivity index (χ4v) is 5.04. The van der Waals surface area contributed by atoms with Gasteiger partial charge in [0.2, 0.25) is 5.91 Å². The third-order valence-electron chi connectivity index (χ3n) is 6.77. The standard InChI is InChI=1S/C25H28F2N4O/c26-25(27)31-22-10-3-2-9-21(22)28-23(31)19-7-6-8-20(17-19)29-15-11-18(12-16-29)24(32)30-13-4-1-5-14-30/h2-3,6-10,17-18,25H,1,4-5,11-16H2. The fraction of sp³-hybridized carbons (Fsp3) is 0.440. The number of rotatable bonds is 4. The first-order chi connectivity index (χ1) is 15.6. The highest BCUT2D eigenvalue weighted by Crippen LogP contribution is 2.33. The molecule has 5 nitrogen and oxygen atoms in total. The molecular formula is C25H28F2N4O. The second kappa shape index (κ2) is 8.88. The molecule has 2 saturated heterocycles. The highest BCUT2D eigenvalue weighted by Gasteiger charge is 2.29. The number of nitrogens with zero attached hydrogens (tertiary/aromatic N) is 4. The summed E-state index contributed by atoms with van der Waals surface area (Å²) in [5.41, 5.74) is 2.65. The van der Waals surface area contributed by atoms with Gasteiger partial charge in [0, 0.05) is 43.3 Å². The molecular weight excluding hydrogens is 410 g/mol. The molecule has 2 aliphatic heterocycles. The van der Waals surface area contributed by atoms with E-state index in [4.69, 9.17) is 0 Å². The van der Waals surface area contributed by atoms with E-state index in [9.17, 15) is 13.6 Å². The zero-order chi connectivity index (χ0) is 22.1. The van der Waals surface area contributed by atoms with Crippen molar-refractivity contribution < 1.29 is 13.6 Å². The Balaban J connectivity index is 1.34. The summed E-state index contributed by atoms with van der Waals surface area (Å²) in [4.78, 5) is 21.6. The quantitative estimate of drug-likeness (QED) is 0.553. The second-order valence-electron chi connectivity index (χ2n) is 8.77. The van der Waals surface area contributed by atoms with Gasteiger partial charge in [-0.05, 0) is 56.4 Å². The van der Waals surface area contributed by atoms with Crippen molar-refractivity contribution in [3.8, 4) is 11.4 Å². The molecule has 0 atom stereocenters. The number of alkyl halides is 2. The van der Waals surface area contributed by atoms with Gasteiger partial charge in [-0.1, -0.05) is 24.3 Å². The van der Waals surface area contributed by atoms with Crippen molar-refractivity contribution >= 4 is 22.6 Å². The number of halogens is 2. The summed E-state index contributed by atoms with van der Waals surface area (Å²) in [6.45, 7) is 0.703. The lowest BCUT2D eigenvalue weighted by Crippen LogP contribution is -2.44. The molecule has 5 rings (SSSR count). The van der Waals surface area contributed by atoms with Crippen LogP contribution in [0.5, 0.6) is 0 Å². The zero-order valence-electron chi connectivity index (χ0n) is 18.1. The summed E-state index contributed by atoms with van der Waals surface area (Å²) in [6.07, 6.45) is 5.10. The second-order valence-corrected chi connectivity index (χ2v) is 8.77. The smallest absolute Gasteiger partial charge is 0.320 e. The van der Waals surface area contributed by atoms with Crippen molar-refractivity contribution in [3.05, 3.63) is 48.5 Å². The first kappa shape index (κ1) is 20.9. The van der Waals surface area contributed by atoms with Crippen LogP contribution in [0, 0.1) is 5.92 Å². The lowest BCUT2D eigenvalue weighted by atomic mass is 9.94. The molecule has 0 saturated carbocycles. The van der Waals surface area contributed by atoms with Crippen LogP contribution in [0.2, 0.25) is 0 Å². The molecule has 0 unspecified atom stereocenters. The molecule has 3 heterocycles. The van der Waals surface area contributed by atoms with Gasteiger partial charge in [-0.25, -0.2) is 4.98 Å². The molecule has 2 fully saturated rings. The molecule has 0 bridgehead atoms. The maximum absolute atomic E-state index is 13.9. The van der Waals surface area contributed by atoms with Gasteiger partial charge in [-0.15, -0.1) is 0 Å². The number of amides is 1. The molecule has 1 aromatic heterocycles. The van der Waals surface area contributed by atoms with Gasteiger partial charge in [0.15, 0.2) is 0 Å². The van der Waals surface area contributed by atoms with Crippen molar-refractivity contribution in [3.63, 3.8) is 0 Å². The van der Waals surface area contributed by atoms with Crippen LogP contribution in [0.4, 0.5) is 14.5 Å². The predicted molar refractivity (Wildman–Crippen MR) is 122 cm³/mol. The van der Waals surface area contributed by atoms with Crippen LogP contribution in [0.3, 0.4) is 0 Å². The number of hydrogen-bond acceptors (Lipinski definition) is 3. The van der Waals surface area contributed by atoms with Crippen LogP contribution < -0.4 is 4.90 Å². The van der Waals surface area contributed by atoms with E-state index in [0.717, 1.165) is 62.1 Å². The highest BCUT2D eigenvalue weighted by atomic mass is 19.3. The topological polar surface area (TPSA) is 41.4 Å². The van der Waals surface area contributed by atoms with Crippen LogP contribution in [0.15, 0.2) is 48.5 Å². The Morgan fingerprint density at radius 1 is 0.938 bits per heavy atom. The van der Waals surface area contributed by atoms with Gasteiger partial charge >= 0.3 is 6.55 Å². The Morgan fingerprint density at radius 3 is 2.44 bits per heavy atom. The number of benzene rings is 2. The predicted octanol–water partition coefficient (Wildman–Crippen LogP) is 5.33. The molecule has 7 heteroatoms. The molecule has 168 valence electrons. The van der Waals surface area contributed by atoms with Crippen molar-refractivity contribution in [2.45, 2.75) is 38.7 Å². The number of para-hydroxylation sites is 2. The summed E-state index contributed by atoms with van der Waals surface area (Å²) >= 11 is 0. The maximum atomic E-state index is 13.9. The van der Waals surface area contributed by atoms with E-state index in [1.165, 1.54) is 6.42 Å². The van der Waals surface area contributed by atoms with E-state index in [1.807, 2.05) is 29.2 Å². The molecule has 0 radical (unpaired) electrons. The van der Waals surface area contributed by atoms with E-state index in [2.05, 4.69) is 9.88 Å². The number of aromatic nitrogens is 2. The average Bonchev–Trinajstić information content (AvgIpc) is 3.24. The summed E-state index contributed by atoms with van der Waals surface area (Å²) in [5, 5.41) is 0. The largest absolute Gasteiger partial charge is 0.371 e. The lowest BCUT2D eigenvalue weighted by Gasteiger charge is -2.36. The van der Waals surface area contributed by atoms with Crippen LogP contribution in [0.25, 0.3) is 22.4 Å². The number of anilines is 1. The van der Waals surface area contributed by atoms with E-state index in [0.29, 0.717) is 22.5 Å². The van der Waals surface area contributed by atoms with Crippen LogP contribution in [0.1, 0.15) is 38.7 Å². The minimum atomic E-state index is -2.67. The first-order valence-electron chi connectivity index (χ1n) is 11.5. The van der Waals surface area contributed by atoms with E-state index >= 15 is 0 Å². The molecule has 32 heavy (non-hydrogen) atoms. The summed E-state index contributed by atoms with van der Waals surface area (Å²) in [5.74, 6) is 0.678. The molecule has 0 aliphatic carbocycles. The number of piperidine rings is 2. The maximum Gasteiger partial charge on any atom is 0.320 e. The lowest BCUT2D eigenvalue weighted by molar-refractivity contribution is -0.137. The summed E-state index contributed by atoms with van der Waals surface area (Å²) in [7, 11) is 0. The third-order valence-corrected chi connectivity index (χ3v) is 6.77. The number of hydrogen-bond donors (Lipinski definition) is 0. The molecule has 0 spiro atoms. The minimum absolute atomic E-state index is 0.0931. The van der Waals surface area contributed by atoms with Crippen molar-refractivity contribution in [1.29, 1.82) is 0 Å². The van der Waals surface area contributed by atoms with Crippen LogP contribution in [-0.2, 0) is 4.79 Å². The van der Waals surface area contributed by atoms with E-state index in [1.54, 1.807) is 24.3 Å². The van der Waals surface area contributed by atoms with Crippen molar-refractivity contribution in [1.82, 2.24) is 14.5 Å². The Morgan fingerprint density at radius 2 is 1.69 bits per heavy atom. The van der Waals surface area contributed by atoms with Gasteiger partial charge in [-0.3, -0.25) is 9.36 Å². The molecule has 2 aromatic carbocycles. The van der Waals surface area contributed by atoms with Crippen molar-refractivity contribution in [2.24, 2.45) is 5.92 Å². The summed E-state index contributed by atoms with van der Waals surface area (Å²) < 4.78 is 28.8. The molecule has 1 amide bonds. The summed E-state index contributed by atoms with van der Waals surface area (Å²) in [6, 6.07) is 14.6. The highest BCUT2D eigenvalue weighted by molar-refractivity contribution is 5.81. The Bertz CT molecular complexity index is 1100. The van der Waals surface area contributed by atoms with Crippen LogP contribution in [-0.4, -0.2) is 46.5 Å². The van der Waals surface area contributed by atoms with Gasteiger partial charge in [0.1, 0.15) is 5.82 Å². The number of fused-ring (bicyclic) bond motifs is 1. The van der Waals surface area contributed by atoms with E-state index in [-0.39, 0.29) is 11.7 Å². The van der Waals surface area contributed by atoms with Crippen LogP contribution >= 0.6 is 0 Å². The zero-order valence-corrected chi connectivity index (χ0v) is 18.1. The van der Waals surface area contributed by atoms with Gasteiger partial charge < -0.3 is 9.80 Å². The number of carbonyl (C=O) groups is 1. The molecule has 2 aliphatic rings. The Hall–Kier alpha value is -2.96. The minimum Gasteiger partial charge on any atom is -0.371 e. The SMILES string of the molecule is O=C(C1CCN(c2cccc(-c3nc4ccccc4n3C(F)F)c2)CC1)N1CCCCC1. The fourth-order valence-electron chi connectivity index (χ4n) is 5.04. The van der Waals surface area contributed by atoms with E-state index < -0.39 is 6.55 Å². The van der Waals surface area contributed by atoms with Gasteiger partial charge in [0.05, 0.1) is 11.0 Å². The Kier molecular flexibility index (Phi) is 5.81. The number of likely N-dealkylation sites (tertiary alicyclic amines) is 1. The van der Waals surface area contributed by atoms with Crippen molar-refractivity contribution in [2.75, 3.05) is 31.1 Å². The van der Waals surface area contributed by atoms with Gasteiger partial charge in [-0.2, -0.15) is 8.78 Å². The van der Waals surface area contributed by atoms with Gasteiger partial charge in [0.25, 0.3) is 0 Å². The molecule has 3 aromatic rings.